The van der Waals surface area contributed by atoms with Crippen LogP contribution in [0.4, 0.5) is 0 Å². The lowest BCUT2D eigenvalue weighted by atomic mass is 10.1. The van der Waals surface area contributed by atoms with E-state index < -0.39 is 28.0 Å². The Morgan fingerprint density at radius 1 is 1.11 bits per heavy atom. The fourth-order valence-corrected chi connectivity index (χ4v) is 4.39. The lowest BCUT2D eigenvalue weighted by molar-refractivity contribution is -0.141. The zero-order chi connectivity index (χ0) is 20.9. The first-order valence-electron chi connectivity index (χ1n) is 7.90. The summed E-state index contributed by atoms with van der Waals surface area (Å²) in [4.78, 5) is 23.2. The zero-order valence-corrected chi connectivity index (χ0v) is 18.1. The summed E-state index contributed by atoms with van der Waals surface area (Å²) in [5.41, 5.74) is 0.581. The van der Waals surface area contributed by atoms with E-state index in [0.29, 0.717) is 5.56 Å². The van der Waals surface area contributed by atoms with Crippen molar-refractivity contribution in [1.29, 1.82) is 0 Å². The van der Waals surface area contributed by atoms with Crippen molar-refractivity contribution in [2.75, 3.05) is 14.2 Å². The molecule has 28 heavy (non-hydrogen) atoms. The van der Waals surface area contributed by atoms with Crippen LogP contribution in [0, 0.1) is 0 Å². The maximum atomic E-state index is 12.9. The normalized spacial score (nSPS) is 12.3. The number of carbonyl (C=O) groups is 2. The highest BCUT2D eigenvalue weighted by Crippen LogP contribution is 2.27. The Balaban J connectivity index is 2.43. The molecule has 7 nitrogen and oxygen atoms in total. The Kier molecular flexibility index (Phi) is 7.59. The first-order chi connectivity index (χ1) is 13.2. The average molecular weight is 491 g/mol. The van der Waals surface area contributed by atoms with Gasteiger partial charge in [-0.15, -0.1) is 0 Å². The number of hydrogen-bond acceptors (Lipinski definition) is 6. The van der Waals surface area contributed by atoms with E-state index in [9.17, 15) is 18.0 Å². The van der Waals surface area contributed by atoms with E-state index in [4.69, 9.17) is 11.6 Å². The molecule has 0 aliphatic carbocycles. The van der Waals surface area contributed by atoms with Crippen molar-refractivity contribution in [2.24, 2.45) is 0 Å². The van der Waals surface area contributed by atoms with Gasteiger partial charge in [0.2, 0.25) is 10.0 Å². The summed E-state index contributed by atoms with van der Waals surface area (Å²) in [5, 5.41) is -0.0761. The molecule has 0 aliphatic rings. The number of sulfonamides is 1. The molecule has 1 unspecified atom stereocenters. The molecule has 2 rings (SSSR count). The summed E-state index contributed by atoms with van der Waals surface area (Å²) in [6.45, 7) is 0. The van der Waals surface area contributed by atoms with Gasteiger partial charge >= 0.3 is 11.9 Å². The Labute approximate surface area is 176 Å². The number of methoxy groups -OCH3 is 2. The number of carbonyl (C=O) groups excluding carboxylic acids is 2. The number of esters is 2. The Hall–Kier alpha value is -1.94. The molecule has 0 heterocycles. The summed E-state index contributed by atoms with van der Waals surface area (Å²) in [6.07, 6.45) is -0.230. The number of hydrogen-bond donors (Lipinski definition) is 1. The summed E-state index contributed by atoms with van der Waals surface area (Å²) in [7, 11) is -1.78. The molecule has 0 bridgehead atoms. The summed E-state index contributed by atoms with van der Waals surface area (Å²) in [6, 6.07) is 9.65. The van der Waals surface area contributed by atoms with Gasteiger partial charge in [-0.3, -0.25) is 4.79 Å². The van der Waals surface area contributed by atoms with Gasteiger partial charge in [0.25, 0.3) is 0 Å². The number of halogens is 2. The van der Waals surface area contributed by atoms with E-state index in [1.165, 1.54) is 26.4 Å². The van der Waals surface area contributed by atoms with Crippen molar-refractivity contribution in [3.63, 3.8) is 0 Å². The van der Waals surface area contributed by atoms with Gasteiger partial charge in [-0.1, -0.05) is 39.7 Å². The van der Waals surface area contributed by atoms with Crippen LogP contribution in [0.5, 0.6) is 0 Å². The van der Waals surface area contributed by atoms with Gasteiger partial charge in [0.05, 0.1) is 37.3 Å². The van der Waals surface area contributed by atoms with Crippen LogP contribution in [0.1, 0.15) is 28.4 Å². The van der Waals surface area contributed by atoms with Gasteiger partial charge in [0.1, 0.15) is 4.90 Å². The van der Waals surface area contributed by atoms with E-state index in [2.05, 4.69) is 30.1 Å². The molecule has 0 aromatic heterocycles. The number of ether oxygens (including phenoxy) is 2. The van der Waals surface area contributed by atoms with Crippen molar-refractivity contribution in [3.8, 4) is 0 Å². The minimum Gasteiger partial charge on any atom is -0.469 e. The van der Waals surface area contributed by atoms with Crippen LogP contribution in [0.2, 0.25) is 5.02 Å². The maximum absolute atomic E-state index is 12.9. The monoisotopic (exact) mass is 489 g/mol. The first-order valence-corrected chi connectivity index (χ1v) is 10.6. The third-order valence-corrected chi connectivity index (χ3v) is 6.29. The molecule has 1 atom stereocenters. The number of nitrogens with one attached hydrogen (secondary N) is 1. The van der Waals surface area contributed by atoms with Crippen molar-refractivity contribution in [3.05, 3.63) is 63.1 Å². The highest BCUT2D eigenvalue weighted by molar-refractivity contribution is 9.10. The van der Waals surface area contributed by atoms with Gasteiger partial charge in [-0.2, -0.15) is 0 Å². The fraction of sp³-hybridized carbons (Fsp3) is 0.222. The van der Waals surface area contributed by atoms with Crippen molar-refractivity contribution in [2.45, 2.75) is 17.4 Å². The minimum atomic E-state index is -4.18. The van der Waals surface area contributed by atoms with Gasteiger partial charge in [-0.05, 0) is 35.9 Å². The second-order valence-corrected chi connectivity index (χ2v) is 8.65. The molecule has 0 spiro atoms. The Bertz CT molecular complexity index is 978. The smallest absolute Gasteiger partial charge is 0.337 e. The lowest BCUT2D eigenvalue weighted by Crippen LogP contribution is -2.31. The van der Waals surface area contributed by atoms with Gasteiger partial charge < -0.3 is 9.47 Å². The molecule has 1 N–H and O–H groups in total. The second-order valence-electron chi connectivity index (χ2n) is 5.64. The minimum absolute atomic E-state index is 0.0282. The molecule has 0 radical (unpaired) electrons. The van der Waals surface area contributed by atoms with Gasteiger partial charge in [0, 0.05) is 4.47 Å². The molecule has 0 aliphatic heterocycles. The van der Waals surface area contributed by atoms with Crippen LogP contribution in [0.15, 0.2) is 51.8 Å². The van der Waals surface area contributed by atoms with Crippen LogP contribution in [0.25, 0.3) is 0 Å². The van der Waals surface area contributed by atoms with Crippen LogP contribution in [0.3, 0.4) is 0 Å². The zero-order valence-electron chi connectivity index (χ0n) is 14.9. The van der Waals surface area contributed by atoms with Crippen LogP contribution in [-0.4, -0.2) is 34.6 Å². The van der Waals surface area contributed by atoms with Crippen LogP contribution >= 0.6 is 27.5 Å². The van der Waals surface area contributed by atoms with Gasteiger partial charge in [-0.25, -0.2) is 17.9 Å². The highest BCUT2D eigenvalue weighted by atomic mass is 79.9. The summed E-state index contributed by atoms with van der Waals surface area (Å²) < 4.78 is 38.4. The molecule has 0 fully saturated rings. The number of rotatable bonds is 7. The van der Waals surface area contributed by atoms with E-state index in [0.717, 1.165) is 10.5 Å². The third kappa shape index (κ3) is 5.54. The SMILES string of the molecule is COC(=O)CC(NS(=O)(=O)c1cc(C(=O)OC)ccc1Cl)c1ccc(Br)cc1. The molecular formula is C18H17BrClNO6S. The molecular weight excluding hydrogens is 474 g/mol. The Morgan fingerprint density at radius 2 is 1.75 bits per heavy atom. The summed E-state index contributed by atoms with van der Waals surface area (Å²) in [5.74, 6) is -1.29. The molecule has 150 valence electrons. The largest absolute Gasteiger partial charge is 0.469 e. The average Bonchev–Trinajstić information content (AvgIpc) is 2.67. The van der Waals surface area contributed by atoms with Crippen molar-refractivity contribution in [1.82, 2.24) is 4.72 Å². The molecule has 0 saturated heterocycles. The fourth-order valence-electron chi connectivity index (χ4n) is 2.38. The number of benzene rings is 2. The maximum Gasteiger partial charge on any atom is 0.337 e. The first kappa shape index (κ1) is 22.4. The van der Waals surface area contributed by atoms with Crippen LogP contribution in [-0.2, 0) is 24.3 Å². The van der Waals surface area contributed by atoms with Crippen molar-refractivity contribution >= 4 is 49.5 Å². The predicted molar refractivity (Wildman–Crippen MR) is 107 cm³/mol. The standard InChI is InChI=1S/C18H17BrClNO6S/c1-26-17(22)10-15(11-3-6-13(19)7-4-11)21-28(24,25)16-9-12(18(23)27-2)5-8-14(16)20/h3-9,15,21H,10H2,1-2H3. The topological polar surface area (TPSA) is 98.8 Å². The third-order valence-electron chi connectivity index (χ3n) is 3.81. The summed E-state index contributed by atoms with van der Waals surface area (Å²) >= 11 is 9.35. The molecule has 0 amide bonds. The van der Waals surface area contributed by atoms with E-state index >= 15 is 0 Å². The van der Waals surface area contributed by atoms with Crippen LogP contribution < -0.4 is 4.72 Å². The highest BCUT2D eigenvalue weighted by Gasteiger charge is 2.27. The van der Waals surface area contributed by atoms with E-state index in [1.807, 2.05) is 0 Å². The molecule has 10 heteroatoms. The van der Waals surface area contributed by atoms with Gasteiger partial charge in [0.15, 0.2) is 0 Å². The lowest BCUT2D eigenvalue weighted by Gasteiger charge is -2.19. The predicted octanol–water partition coefficient (Wildman–Crippen LogP) is 3.47. The molecule has 2 aromatic rings. The Morgan fingerprint density at radius 3 is 2.32 bits per heavy atom. The molecule has 0 saturated carbocycles. The van der Waals surface area contributed by atoms with E-state index in [-0.39, 0.29) is 21.9 Å². The quantitative estimate of drug-likeness (QED) is 0.597. The molecule has 2 aromatic carbocycles. The van der Waals surface area contributed by atoms with Crippen molar-refractivity contribution < 1.29 is 27.5 Å². The van der Waals surface area contributed by atoms with E-state index in [1.54, 1.807) is 24.3 Å². The second kappa shape index (κ2) is 9.51.